The summed E-state index contributed by atoms with van der Waals surface area (Å²) in [6, 6.07) is 2.54. The molecule has 8 nitrogen and oxygen atoms in total. The molecule has 0 unspecified atom stereocenters. The molecule has 0 saturated carbocycles. The second-order valence-electron chi connectivity index (χ2n) is 3.43. The largest absolute Gasteiger partial charge is 0.493 e. The van der Waals surface area contributed by atoms with Crippen LogP contribution in [0.5, 0.6) is 11.5 Å². The number of nitro benzene ring substituents is 1. The fourth-order valence-electron chi connectivity index (χ4n) is 1.36. The van der Waals surface area contributed by atoms with Crippen LogP contribution in [-0.2, 0) is 16.1 Å². The van der Waals surface area contributed by atoms with Gasteiger partial charge in [0.1, 0.15) is 0 Å². The van der Waals surface area contributed by atoms with E-state index in [0.717, 1.165) is 6.07 Å². The number of nitro groups is 1. The Kier molecular flexibility index (Phi) is 5.07. The minimum Gasteiger partial charge on any atom is -0.493 e. The molecule has 1 N–H and O–H groups in total. The van der Waals surface area contributed by atoms with Crippen molar-refractivity contribution in [2.45, 2.75) is 6.61 Å². The van der Waals surface area contributed by atoms with E-state index in [1.54, 1.807) is 0 Å². The number of ether oxygens (including phenoxy) is 3. The van der Waals surface area contributed by atoms with Gasteiger partial charge in [0.2, 0.25) is 5.75 Å². The number of aliphatic hydroxyl groups is 1. The third-order valence-corrected chi connectivity index (χ3v) is 2.26. The first-order chi connectivity index (χ1) is 9.03. The van der Waals surface area contributed by atoms with Crippen LogP contribution >= 0.6 is 0 Å². The molecule has 1 aromatic carbocycles. The van der Waals surface area contributed by atoms with Gasteiger partial charge in [0.25, 0.3) is 0 Å². The van der Waals surface area contributed by atoms with E-state index >= 15 is 0 Å². The van der Waals surface area contributed by atoms with Crippen LogP contribution in [0.3, 0.4) is 0 Å². The maximum Gasteiger partial charge on any atom is 0.343 e. The van der Waals surface area contributed by atoms with E-state index in [2.05, 4.69) is 4.74 Å². The lowest BCUT2D eigenvalue weighted by Crippen LogP contribution is -2.14. The first-order valence-electron chi connectivity index (χ1n) is 5.19. The minimum atomic E-state index is -0.686. The Hall–Kier alpha value is -2.35. The molecule has 0 fully saturated rings. The van der Waals surface area contributed by atoms with Crippen LogP contribution in [0.15, 0.2) is 12.1 Å². The van der Waals surface area contributed by atoms with Crippen LogP contribution < -0.4 is 9.47 Å². The summed E-state index contributed by atoms with van der Waals surface area (Å²) in [5, 5.41) is 20.0. The van der Waals surface area contributed by atoms with Gasteiger partial charge >= 0.3 is 11.7 Å². The molecule has 0 heterocycles. The number of aliphatic hydroxyl groups excluding tert-OH is 1. The first kappa shape index (κ1) is 14.7. The van der Waals surface area contributed by atoms with Crippen LogP contribution in [0.2, 0.25) is 0 Å². The van der Waals surface area contributed by atoms with E-state index in [4.69, 9.17) is 14.6 Å². The van der Waals surface area contributed by atoms with Crippen molar-refractivity contribution in [1.29, 1.82) is 0 Å². The molecular formula is C11H13NO7. The molecule has 0 aromatic heterocycles. The Morgan fingerprint density at radius 3 is 2.58 bits per heavy atom. The zero-order valence-corrected chi connectivity index (χ0v) is 10.4. The summed E-state index contributed by atoms with van der Waals surface area (Å²) in [7, 11) is 2.47. The average molecular weight is 271 g/mol. The van der Waals surface area contributed by atoms with Gasteiger partial charge in [0, 0.05) is 6.07 Å². The van der Waals surface area contributed by atoms with Gasteiger partial charge in [-0.3, -0.25) is 10.1 Å². The molecule has 0 atom stereocenters. The summed E-state index contributed by atoms with van der Waals surface area (Å²) >= 11 is 0. The smallest absolute Gasteiger partial charge is 0.343 e. The number of esters is 1. The van der Waals surface area contributed by atoms with Gasteiger partial charge in [0.05, 0.1) is 25.7 Å². The Morgan fingerprint density at radius 1 is 1.42 bits per heavy atom. The highest BCUT2D eigenvalue weighted by molar-refractivity contribution is 5.71. The third kappa shape index (κ3) is 3.55. The second-order valence-corrected chi connectivity index (χ2v) is 3.43. The average Bonchev–Trinajstić information content (AvgIpc) is 2.43. The number of nitrogens with zero attached hydrogens (tertiary/aromatic N) is 1. The van der Waals surface area contributed by atoms with Crippen molar-refractivity contribution >= 4 is 11.7 Å². The number of carbonyl (C=O) groups is 1. The van der Waals surface area contributed by atoms with E-state index in [1.165, 1.54) is 20.3 Å². The topological polar surface area (TPSA) is 108 Å². The van der Waals surface area contributed by atoms with Crippen molar-refractivity contribution in [2.75, 3.05) is 20.8 Å². The van der Waals surface area contributed by atoms with Gasteiger partial charge in [-0.25, -0.2) is 4.79 Å². The number of rotatable bonds is 6. The summed E-state index contributed by atoms with van der Waals surface area (Å²) in [4.78, 5) is 21.2. The molecule has 104 valence electrons. The highest BCUT2D eigenvalue weighted by atomic mass is 16.6. The lowest BCUT2D eigenvalue weighted by molar-refractivity contribution is -0.386. The highest BCUT2D eigenvalue weighted by Gasteiger charge is 2.23. The molecule has 0 spiro atoms. The predicted octanol–water partition coefficient (Wildman–Crippen LogP) is 0.647. The number of methoxy groups -OCH3 is 2. The normalized spacial score (nSPS) is 9.84. The molecule has 0 aliphatic heterocycles. The molecule has 0 radical (unpaired) electrons. The third-order valence-electron chi connectivity index (χ3n) is 2.26. The minimum absolute atomic E-state index is 0.0575. The summed E-state index contributed by atoms with van der Waals surface area (Å²) in [5.41, 5.74) is -0.0960. The van der Waals surface area contributed by atoms with Crippen molar-refractivity contribution in [3.05, 3.63) is 27.8 Å². The van der Waals surface area contributed by atoms with E-state index in [0.29, 0.717) is 5.56 Å². The Balaban J connectivity index is 3.17. The molecule has 0 aliphatic rings. The SMILES string of the molecule is COC(=O)COc1c(OC)cc(CO)cc1[N+](=O)[O-]. The van der Waals surface area contributed by atoms with Crippen molar-refractivity contribution in [3.63, 3.8) is 0 Å². The molecule has 0 bridgehead atoms. The van der Waals surface area contributed by atoms with Gasteiger partial charge in [-0.05, 0) is 11.6 Å². The van der Waals surface area contributed by atoms with Crippen molar-refractivity contribution in [2.24, 2.45) is 0 Å². The Bertz CT molecular complexity index is 486. The fourth-order valence-corrected chi connectivity index (χ4v) is 1.36. The maximum absolute atomic E-state index is 11.0. The first-order valence-corrected chi connectivity index (χ1v) is 5.19. The lowest BCUT2D eigenvalue weighted by Gasteiger charge is -2.11. The molecular weight excluding hydrogens is 258 g/mol. The van der Waals surface area contributed by atoms with Crippen LogP contribution in [0.1, 0.15) is 5.56 Å². The molecule has 0 amide bonds. The Labute approximate surface area is 108 Å². The zero-order chi connectivity index (χ0) is 14.4. The molecule has 1 rings (SSSR count). The number of hydrogen-bond acceptors (Lipinski definition) is 7. The van der Waals surface area contributed by atoms with E-state index in [1.807, 2.05) is 0 Å². The van der Waals surface area contributed by atoms with Crippen molar-refractivity contribution in [1.82, 2.24) is 0 Å². The summed E-state index contributed by atoms with van der Waals surface area (Å²) < 4.78 is 14.4. The zero-order valence-electron chi connectivity index (χ0n) is 10.4. The fraction of sp³-hybridized carbons (Fsp3) is 0.364. The predicted molar refractivity (Wildman–Crippen MR) is 63.1 cm³/mol. The molecule has 8 heteroatoms. The van der Waals surface area contributed by atoms with Crippen LogP contribution in [-0.4, -0.2) is 36.8 Å². The van der Waals surface area contributed by atoms with E-state index < -0.39 is 23.2 Å². The van der Waals surface area contributed by atoms with Gasteiger partial charge < -0.3 is 19.3 Å². The monoisotopic (exact) mass is 271 g/mol. The maximum atomic E-state index is 11.0. The van der Waals surface area contributed by atoms with E-state index in [9.17, 15) is 14.9 Å². The summed E-state index contributed by atoms with van der Waals surface area (Å²) in [6.07, 6.45) is 0. The molecule has 19 heavy (non-hydrogen) atoms. The van der Waals surface area contributed by atoms with Gasteiger partial charge in [-0.15, -0.1) is 0 Å². The standard InChI is InChI=1S/C11H13NO7/c1-17-9-4-7(5-13)3-8(12(15)16)11(9)19-6-10(14)18-2/h3-4,13H,5-6H2,1-2H3. The summed E-state index contributed by atoms with van der Waals surface area (Å²) in [5.74, 6) is -0.806. The van der Waals surface area contributed by atoms with E-state index in [-0.39, 0.29) is 18.1 Å². The molecule has 0 aliphatic carbocycles. The van der Waals surface area contributed by atoms with Gasteiger partial charge in [-0.1, -0.05) is 0 Å². The molecule has 1 aromatic rings. The van der Waals surface area contributed by atoms with Crippen molar-refractivity contribution < 1.29 is 29.0 Å². The van der Waals surface area contributed by atoms with Gasteiger partial charge in [0.15, 0.2) is 12.4 Å². The lowest BCUT2D eigenvalue weighted by atomic mass is 10.2. The Morgan fingerprint density at radius 2 is 2.11 bits per heavy atom. The van der Waals surface area contributed by atoms with Gasteiger partial charge in [-0.2, -0.15) is 0 Å². The molecule has 0 saturated heterocycles. The summed E-state index contributed by atoms with van der Waals surface area (Å²) in [6.45, 7) is -0.860. The number of hydrogen-bond donors (Lipinski definition) is 1. The van der Waals surface area contributed by atoms with Crippen molar-refractivity contribution in [3.8, 4) is 11.5 Å². The van der Waals surface area contributed by atoms with Crippen LogP contribution in [0.4, 0.5) is 5.69 Å². The van der Waals surface area contributed by atoms with Crippen LogP contribution in [0.25, 0.3) is 0 Å². The second kappa shape index (κ2) is 6.55. The van der Waals surface area contributed by atoms with Crippen LogP contribution in [0, 0.1) is 10.1 Å². The highest BCUT2D eigenvalue weighted by Crippen LogP contribution is 2.38. The number of benzene rings is 1. The quantitative estimate of drug-likeness (QED) is 0.459. The number of carbonyl (C=O) groups excluding carboxylic acids is 1.